The Hall–Kier alpha value is -2.66. The summed E-state index contributed by atoms with van der Waals surface area (Å²) in [6, 6.07) is 17.9. The van der Waals surface area contributed by atoms with E-state index in [1.54, 1.807) is 0 Å². The monoisotopic (exact) mass is 351 g/mol. The Balaban J connectivity index is 1.48. The maximum atomic E-state index is 12.3. The largest absolute Gasteiger partial charge is 0.334 e. The summed E-state index contributed by atoms with van der Waals surface area (Å²) < 4.78 is 0. The Kier molecular flexibility index (Phi) is 6.02. The van der Waals surface area contributed by atoms with Gasteiger partial charge in [0, 0.05) is 19.1 Å². The fraction of sp³-hybridized carbons (Fsp3) is 0.333. The summed E-state index contributed by atoms with van der Waals surface area (Å²) in [5.74, 6) is -0.268. The zero-order chi connectivity index (χ0) is 18.4. The van der Waals surface area contributed by atoms with Gasteiger partial charge >= 0.3 is 6.03 Å². The van der Waals surface area contributed by atoms with E-state index in [1.807, 2.05) is 36.4 Å². The second-order valence-corrected chi connectivity index (χ2v) is 6.84. The third kappa shape index (κ3) is 5.70. The fourth-order valence-corrected chi connectivity index (χ4v) is 2.97. The van der Waals surface area contributed by atoms with Crippen LogP contribution in [-0.4, -0.2) is 29.4 Å². The van der Waals surface area contributed by atoms with Crippen LogP contribution in [0, 0.1) is 6.92 Å². The zero-order valence-electron chi connectivity index (χ0n) is 15.1. The van der Waals surface area contributed by atoms with E-state index in [2.05, 4.69) is 40.7 Å². The van der Waals surface area contributed by atoms with E-state index in [1.165, 1.54) is 11.1 Å². The van der Waals surface area contributed by atoms with Crippen LogP contribution in [0.2, 0.25) is 0 Å². The number of amides is 3. The normalized spacial score (nSPS) is 13.5. The molecular weight excluding hydrogens is 326 g/mol. The van der Waals surface area contributed by atoms with Crippen LogP contribution in [0.3, 0.4) is 0 Å². The molecule has 0 atom stereocenters. The molecule has 0 saturated heterocycles. The van der Waals surface area contributed by atoms with Crippen molar-refractivity contribution < 1.29 is 9.59 Å². The van der Waals surface area contributed by atoms with E-state index in [9.17, 15) is 9.59 Å². The lowest BCUT2D eigenvalue weighted by molar-refractivity contribution is -0.121. The number of rotatable bonds is 7. The molecule has 2 aromatic carbocycles. The number of hydrogen-bond donors (Lipinski definition) is 2. The lowest BCUT2D eigenvalue weighted by Gasteiger charge is -2.21. The molecular formula is C21H25N3O2. The Bertz CT molecular complexity index is 757. The summed E-state index contributed by atoms with van der Waals surface area (Å²) in [6.45, 7) is 3.42. The van der Waals surface area contributed by atoms with Crippen LogP contribution >= 0.6 is 0 Å². The van der Waals surface area contributed by atoms with Gasteiger partial charge in [-0.3, -0.25) is 15.0 Å². The summed E-state index contributed by atoms with van der Waals surface area (Å²) in [5, 5.41) is 5.15. The molecule has 3 rings (SSSR count). The zero-order valence-corrected chi connectivity index (χ0v) is 15.1. The molecule has 0 heterocycles. The second-order valence-electron chi connectivity index (χ2n) is 6.84. The first kappa shape index (κ1) is 18.1. The number of carbonyl (C=O) groups excluding carboxylic acids is 2. The average molecular weight is 351 g/mol. The van der Waals surface area contributed by atoms with Gasteiger partial charge in [0.2, 0.25) is 5.91 Å². The molecule has 2 aromatic rings. The van der Waals surface area contributed by atoms with Gasteiger partial charge in [0.15, 0.2) is 0 Å². The smallest absolute Gasteiger partial charge is 0.321 e. The van der Waals surface area contributed by atoms with Gasteiger partial charge in [-0.2, -0.15) is 0 Å². The lowest BCUT2D eigenvalue weighted by atomic mass is 10.1. The highest BCUT2D eigenvalue weighted by Crippen LogP contribution is 2.28. The van der Waals surface area contributed by atoms with Crippen LogP contribution in [0.15, 0.2) is 54.6 Å². The van der Waals surface area contributed by atoms with Gasteiger partial charge in [0.25, 0.3) is 0 Å². The molecule has 26 heavy (non-hydrogen) atoms. The van der Waals surface area contributed by atoms with Gasteiger partial charge in [-0.25, -0.2) is 4.79 Å². The van der Waals surface area contributed by atoms with Crippen molar-refractivity contribution in [3.8, 4) is 0 Å². The van der Waals surface area contributed by atoms with Gasteiger partial charge < -0.3 is 5.32 Å². The molecule has 3 amide bonds. The first-order chi connectivity index (χ1) is 12.6. The van der Waals surface area contributed by atoms with Crippen LogP contribution in [0.4, 0.5) is 4.79 Å². The van der Waals surface area contributed by atoms with Crippen molar-refractivity contribution in [2.75, 3.05) is 6.54 Å². The van der Waals surface area contributed by atoms with Crippen molar-refractivity contribution in [2.45, 2.75) is 38.9 Å². The van der Waals surface area contributed by atoms with E-state index in [0.29, 0.717) is 12.6 Å². The number of urea groups is 1. The van der Waals surface area contributed by atoms with Crippen LogP contribution in [0.5, 0.6) is 0 Å². The van der Waals surface area contributed by atoms with E-state index >= 15 is 0 Å². The summed E-state index contributed by atoms with van der Waals surface area (Å²) >= 11 is 0. The molecule has 2 N–H and O–H groups in total. The number of benzene rings is 2. The number of nitrogens with one attached hydrogen (secondary N) is 2. The molecule has 0 bridgehead atoms. The number of hydrogen-bond acceptors (Lipinski definition) is 3. The Morgan fingerprint density at radius 2 is 1.77 bits per heavy atom. The number of nitrogens with zero attached hydrogens (tertiary/aromatic N) is 1. The van der Waals surface area contributed by atoms with Gasteiger partial charge in [-0.15, -0.1) is 0 Å². The third-order valence-electron chi connectivity index (χ3n) is 4.43. The van der Waals surface area contributed by atoms with Gasteiger partial charge in [-0.05, 0) is 30.9 Å². The first-order valence-electron chi connectivity index (χ1n) is 9.01. The van der Waals surface area contributed by atoms with Crippen LogP contribution in [0.1, 0.15) is 29.5 Å². The quantitative estimate of drug-likeness (QED) is 0.806. The minimum Gasteiger partial charge on any atom is -0.334 e. The minimum atomic E-state index is -0.454. The van der Waals surface area contributed by atoms with Crippen molar-refractivity contribution in [3.63, 3.8) is 0 Å². The summed E-state index contributed by atoms with van der Waals surface area (Å²) in [5.41, 5.74) is 3.40. The molecule has 1 fully saturated rings. The molecule has 0 aliphatic heterocycles. The number of imide groups is 1. The average Bonchev–Trinajstić information content (AvgIpc) is 3.45. The number of carbonyl (C=O) groups is 2. The molecule has 136 valence electrons. The van der Waals surface area contributed by atoms with Gasteiger partial charge in [0.05, 0.1) is 6.54 Å². The Labute approximate surface area is 154 Å². The fourth-order valence-electron chi connectivity index (χ4n) is 2.97. The third-order valence-corrected chi connectivity index (χ3v) is 4.43. The molecule has 0 spiro atoms. The van der Waals surface area contributed by atoms with E-state index in [-0.39, 0.29) is 12.5 Å². The van der Waals surface area contributed by atoms with Gasteiger partial charge in [-0.1, -0.05) is 60.2 Å². The maximum Gasteiger partial charge on any atom is 0.321 e. The molecule has 5 nitrogen and oxygen atoms in total. The molecule has 0 aromatic heterocycles. The Morgan fingerprint density at radius 3 is 2.46 bits per heavy atom. The second kappa shape index (κ2) is 8.63. The van der Waals surface area contributed by atoms with Crippen molar-refractivity contribution in [3.05, 3.63) is 71.3 Å². The van der Waals surface area contributed by atoms with Crippen molar-refractivity contribution in [1.29, 1.82) is 0 Å². The minimum absolute atomic E-state index is 0.233. The topological polar surface area (TPSA) is 61.4 Å². The highest BCUT2D eigenvalue weighted by atomic mass is 16.2. The predicted octanol–water partition coefficient (Wildman–Crippen LogP) is 2.99. The van der Waals surface area contributed by atoms with Gasteiger partial charge in [0.1, 0.15) is 0 Å². The molecule has 1 saturated carbocycles. The standard InChI is InChI=1S/C21H25N3O2/c1-16-6-5-9-18(12-16)14-24(19-10-11-19)15-20(25)23-21(26)22-13-17-7-3-2-4-8-17/h2-9,12,19H,10-11,13-15H2,1H3,(H2,22,23,25,26). The summed E-state index contributed by atoms with van der Waals surface area (Å²) in [4.78, 5) is 26.3. The Morgan fingerprint density at radius 1 is 1.04 bits per heavy atom. The predicted molar refractivity (Wildman–Crippen MR) is 101 cm³/mol. The molecule has 1 aliphatic rings. The first-order valence-corrected chi connectivity index (χ1v) is 9.01. The maximum absolute atomic E-state index is 12.3. The van der Waals surface area contributed by atoms with Crippen molar-refractivity contribution in [2.24, 2.45) is 0 Å². The van der Waals surface area contributed by atoms with Crippen LogP contribution < -0.4 is 10.6 Å². The highest BCUT2D eigenvalue weighted by molar-refractivity contribution is 5.95. The van der Waals surface area contributed by atoms with Crippen LogP contribution in [0.25, 0.3) is 0 Å². The summed E-state index contributed by atoms with van der Waals surface area (Å²) in [7, 11) is 0. The molecule has 5 heteroatoms. The SMILES string of the molecule is Cc1cccc(CN(CC(=O)NC(=O)NCc2ccccc2)C2CC2)c1. The van der Waals surface area contributed by atoms with E-state index < -0.39 is 6.03 Å². The molecule has 1 aliphatic carbocycles. The van der Waals surface area contributed by atoms with Crippen molar-refractivity contribution >= 4 is 11.9 Å². The highest BCUT2D eigenvalue weighted by Gasteiger charge is 2.30. The number of aryl methyl sites for hydroxylation is 1. The lowest BCUT2D eigenvalue weighted by Crippen LogP contribution is -2.44. The summed E-state index contributed by atoms with van der Waals surface area (Å²) in [6.07, 6.45) is 2.22. The van der Waals surface area contributed by atoms with E-state index in [4.69, 9.17) is 0 Å². The van der Waals surface area contributed by atoms with Crippen molar-refractivity contribution in [1.82, 2.24) is 15.5 Å². The molecule has 0 radical (unpaired) electrons. The molecule has 0 unspecified atom stereocenters. The van der Waals surface area contributed by atoms with E-state index in [0.717, 1.165) is 24.9 Å². The van der Waals surface area contributed by atoms with Crippen LogP contribution in [-0.2, 0) is 17.9 Å².